The lowest BCUT2D eigenvalue weighted by molar-refractivity contribution is -0.693. The van der Waals surface area contributed by atoms with Crippen LogP contribution in [-0.4, -0.2) is 0 Å². The molecule has 0 spiro atoms. The van der Waals surface area contributed by atoms with Crippen molar-refractivity contribution in [3.05, 3.63) is 98.1 Å². The van der Waals surface area contributed by atoms with E-state index in [0.29, 0.717) is 0 Å². The molecule has 5 heteroatoms. The van der Waals surface area contributed by atoms with E-state index in [1.165, 1.54) is 43.1 Å². The van der Waals surface area contributed by atoms with E-state index < -0.39 is 0 Å². The summed E-state index contributed by atoms with van der Waals surface area (Å²) < 4.78 is 8.87. The maximum atomic E-state index is 2.27. The molecule has 0 fully saturated rings. The minimum absolute atomic E-state index is 0.960. The zero-order valence-corrected chi connectivity index (χ0v) is 23.1. The summed E-state index contributed by atoms with van der Waals surface area (Å²) in [5, 5.41) is 0. The molecule has 5 aromatic heterocycles. The molecule has 0 N–H and O–H groups in total. The third-order valence-corrected chi connectivity index (χ3v) is 8.32. The van der Waals surface area contributed by atoms with Gasteiger partial charge in [-0.1, -0.05) is 0 Å². The van der Waals surface area contributed by atoms with Crippen molar-refractivity contribution in [1.29, 1.82) is 0 Å². The van der Waals surface area contributed by atoms with E-state index in [1.54, 1.807) is 0 Å². The number of pyridine rings is 4. The van der Waals surface area contributed by atoms with E-state index in [4.69, 9.17) is 0 Å². The van der Waals surface area contributed by atoms with Crippen LogP contribution in [0.5, 0.6) is 0 Å². The fourth-order valence-corrected chi connectivity index (χ4v) is 6.05. The molecule has 4 nitrogen and oxygen atoms in total. The Hall–Kier alpha value is -3.70. The average molecular weight is 509 g/mol. The van der Waals surface area contributed by atoms with E-state index in [0.717, 1.165) is 26.2 Å². The minimum Gasteiger partial charge on any atom is -0.205 e. The van der Waals surface area contributed by atoms with Crippen molar-refractivity contribution in [2.24, 2.45) is 0 Å². The van der Waals surface area contributed by atoms with E-state index in [1.807, 2.05) is 11.3 Å². The van der Waals surface area contributed by atoms with Gasteiger partial charge < -0.3 is 0 Å². The van der Waals surface area contributed by atoms with Gasteiger partial charge in [0.2, 0.25) is 0 Å². The molecule has 5 aromatic rings. The second kappa shape index (κ2) is 11.1. The molecule has 5 rings (SSSR count). The van der Waals surface area contributed by atoms with Gasteiger partial charge in [0.25, 0.3) is 0 Å². The number of hydrogen-bond donors (Lipinski definition) is 0. The van der Waals surface area contributed by atoms with Crippen LogP contribution in [-0.2, 0) is 26.2 Å². The molecular weight excluding hydrogens is 472 g/mol. The lowest BCUT2D eigenvalue weighted by atomic mass is 9.92. The van der Waals surface area contributed by atoms with E-state index >= 15 is 0 Å². The highest BCUT2D eigenvalue weighted by atomic mass is 32.1. The molecule has 37 heavy (non-hydrogen) atoms. The van der Waals surface area contributed by atoms with Crippen LogP contribution in [0.3, 0.4) is 0 Å². The molecular formula is C32H36N4S+4. The van der Waals surface area contributed by atoms with Crippen molar-refractivity contribution in [2.45, 2.75) is 53.9 Å². The van der Waals surface area contributed by atoms with E-state index in [2.05, 4.69) is 144 Å². The highest BCUT2D eigenvalue weighted by Crippen LogP contribution is 2.51. The van der Waals surface area contributed by atoms with Crippen LogP contribution in [0.4, 0.5) is 0 Å². The van der Waals surface area contributed by atoms with E-state index in [-0.39, 0.29) is 0 Å². The van der Waals surface area contributed by atoms with Gasteiger partial charge in [-0.05, 0) is 38.8 Å². The standard InChI is InChI=1S/C32H36N4S/c1-5-33-17-9-25(10-18-33)29-30(26-11-19-34(6-2)20-12-26)32(28-15-23-36(8-4)24-16-28)37-31(29)27-13-21-35(7-3)22-14-27/h9-24H,5-8H2,1-4H3/q+4. The van der Waals surface area contributed by atoms with Gasteiger partial charge in [0.1, 0.15) is 26.2 Å². The van der Waals surface area contributed by atoms with Crippen molar-refractivity contribution in [3.8, 4) is 43.1 Å². The summed E-state index contributed by atoms with van der Waals surface area (Å²) >= 11 is 1.90. The van der Waals surface area contributed by atoms with Gasteiger partial charge >= 0.3 is 0 Å². The average Bonchev–Trinajstić information content (AvgIpc) is 3.38. The molecule has 0 unspecified atom stereocenters. The third-order valence-electron chi connectivity index (χ3n) is 7.04. The number of aryl methyl sites for hydroxylation is 4. The number of nitrogens with zero attached hydrogens (tertiary/aromatic N) is 4. The Morgan fingerprint density at radius 2 is 0.649 bits per heavy atom. The Bertz CT molecular complexity index is 1350. The normalized spacial score (nSPS) is 11.1. The van der Waals surface area contributed by atoms with Gasteiger partial charge in [-0.15, -0.1) is 11.3 Å². The van der Waals surface area contributed by atoms with E-state index in [9.17, 15) is 0 Å². The second-order valence-electron chi connectivity index (χ2n) is 9.18. The van der Waals surface area contributed by atoms with Crippen LogP contribution in [0.15, 0.2) is 98.1 Å². The molecule has 0 aliphatic carbocycles. The van der Waals surface area contributed by atoms with Crippen molar-refractivity contribution in [3.63, 3.8) is 0 Å². The largest absolute Gasteiger partial charge is 0.205 e. The molecule has 0 atom stereocenters. The van der Waals surface area contributed by atoms with Crippen LogP contribution in [0.2, 0.25) is 0 Å². The third kappa shape index (κ3) is 5.09. The first-order chi connectivity index (χ1) is 18.1. The summed E-state index contributed by atoms with van der Waals surface area (Å²) in [6.07, 6.45) is 17.5. The number of hydrogen-bond acceptors (Lipinski definition) is 1. The topological polar surface area (TPSA) is 15.5 Å². The van der Waals surface area contributed by atoms with Gasteiger partial charge in [-0.25, -0.2) is 18.3 Å². The molecule has 0 amide bonds. The van der Waals surface area contributed by atoms with Crippen molar-refractivity contribution >= 4 is 11.3 Å². The lowest BCUT2D eigenvalue weighted by Gasteiger charge is -2.10. The molecule has 0 aliphatic heterocycles. The molecule has 186 valence electrons. The number of thiophene rings is 1. The first-order valence-corrected chi connectivity index (χ1v) is 14.1. The maximum Gasteiger partial charge on any atom is 0.169 e. The van der Waals surface area contributed by atoms with Gasteiger partial charge in [0, 0.05) is 80.5 Å². The van der Waals surface area contributed by atoms with Crippen LogP contribution in [0.25, 0.3) is 43.1 Å². The summed E-state index contributed by atoms with van der Waals surface area (Å²) in [6.45, 7) is 12.6. The summed E-state index contributed by atoms with van der Waals surface area (Å²) in [5.41, 5.74) is 7.61. The predicted molar refractivity (Wildman–Crippen MR) is 150 cm³/mol. The monoisotopic (exact) mass is 508 g/mol. The maximum absolute atomic E-state index is 2.27. The Labute approximate surface area is 224 Å². The fraction of sp³-hybridized carbons (Fsp3) is 0.250. The van der Waals surface area contributed by atoms with Crippen LogP contribution in [0, 0.1) is 0 Å². The highest BCUT2D eigenvalue weighted by molar-refractivity contribution is 7.20. The smallest absolute Gasteiger partial charge is 0.169 e. The highest BCUT2D eigenvalue weighted by Gasteiger charge is 2.25. The molecule has 0 bridgehead atoms. The van der Waals surface area contributed by atoms with Crippen molar-refractivity contribution in [2.75, 3.05) is 0 Å². The Morgan fingerprint density at radius 1 is 0.405 bits per heavy atom. The van der Waals surface area contributed by atoms with Crippen molar-refractivity contribution in [1.82, 2.24) is 0 Å². The van der Waals surface area contributed by atoms with Gasteiger partial charge in [-0.3, -0.25) is 0 Å². The Kier molecular flexibility index (Phi) is 7.52. The second-order valence-corrected chi connectivity index (χ2v) is 10.2. The zero-order chi connectivity index (χ0) is 25.8. The predicted octanol–water partition coefficient (Wildman–Crippen LogP) is 5.65. The number of rotatable bonds is 8. The van der Waals surface area contributed by atoms with Crippen LogP contribution >= 0.6 is 11.3 Å². The summed E-state index contributed by atoms with van der Waals surface area (Å²) in [5.74, 6) is 0. The first-order valence-electron chi connectivity index (χ1n) is 13.3. The summed E-state index contributed by atoms with van der Waals surface area (Å²) in [7, 11) is 0. The molecule has 0 aromatic carbocycles. The van der Waals surface area contributed by atoms with Gasteiger partial charge in [-0.2, -0.15) is 0 Å². The molecule has 0 saturated heterocycles. The Morgan fingerprint density at radius 3 is 0.892 bits per heavy atom. The summed E-state index contributed by atoms with van der Waals surface area (Å²) in [6, 6.07) is 18.1. The SMILES string of the molecule is CC[n+]1ccc(-c2sc(-c3cc[n+](CC)cc3)c(-c3cc[n+](CC)cc3)c2-c2cc[n+](CC)cc2)cc1. The summed E-state index contributed by atoms with van der Waals surface area (Å²) in [4.78, 5) is 2.61. The van der Waals surface area contributed by atoms with Crippen molar-refractivity contribution < 1.29 is 18.3 Å². The lowest BCUT2D eigenvalue weighted by Crippen LogP contribution is -2.30. The Balaban J connectivity index is 1.81. The molecule has 0 saturated carbocycles. The van der Waals surface area contributed by atoms with Gasteiger partial charge in [0.15, 0.2) is 49.6 Å². The fourth-order valence-electron chi connectivity index (χ4n) is 4.70. The molecule has 5 heterocycles. The van der Waals surface area contributed by atoms with Crippen LogP contribution < -0.4 is 18.3 Å². The number of aromatic nitrogens is 4. The first kappa shape index (κ1) is 25.0. The van der Waals surface area contributed by atoms with Crippen LogP contribution in [0.1, 0.15) is 27.7 Å². The molecule has 0 aliphatic rings. The quantitative estimate of drug-likeness (QED) is 0.241. The minimum atomic E-state index is 0.960. The zero-order valence-electron chi connectivity index (χ0n) is 22.3. The van der Waals surface area contributed by atoms with Gasteiger partial charge in [0.05, 0.1) is 0 Å². The molecule has 0 radical (unpaired) electrons.